The van der Waals surface area contributed by atoms with Crippen molar-refractivity contribution in [1.82, 2.24) is 4.90 Å². The summed E-state index contributed by atoms with van der Waals surface area (Å²) in [6.45, 7) is 2.85. The van der Waals surface area contributed by atoms with E-state index >= 15 is 0 Å². The largest absolute Gasteiger partial charge is 0.495 e. The summed E-state index contributed by atoms with van der Waals surface area (Å²) in [4.78, 5) is 15.4. The first kappa shape index (κ1) is 19.7. The van der Waals surface area contributed by atoms with Gasteiger partial charge in [0.05, 0.1) is 14.2 Å². The van der Waals surface area contributed by atoms with E-state index in [1.165, 1.54) is 11.1 Å². The molecule has 5 heteroatoms. The van der Waals surface area contributed by atoms with E-state index in [0.717, 1.165) is 36.7 Å². The number of amides is 1. The molecule has 2 aromatic carbocycles. The SMILES string of the molecule is CCCN(C(=O)c1cc(OC)c(Br)c(OC)c1)C1CCc2ccccc2C1. The summed E-state index contributed by atoms with van der Waals surface area (Å²) in [5, 5.41) is 0. The summed E-state index contributed by atoms with van der Waals surface area (Å²) in [6.07, 6.45) is 3.84. The Morgan fingerprint density at radius 1 is 1.15 bits per heavy atom. The van der Waals surface area contributed by atoms with E-state index in [2.05, 4.69) is 47.1 Å². The number of hydrogen-bond donors (Lipinski definition) is 0. The van der Waals surface area contributed by atoms with Gasteiger partial charge in [-0.1, -0.05) is 31.2 Å². The van der Waals surface area contributed by atoms with E-state index in [1.54, 1.807) is 26.4 Å². The fraction of sp³-hybridized carbons (Fsp3) is 0.409. The van der Waals surface area contributed by atoms with E-state index < -0.39 is 0 Å². The van der Waals surface area contributed by atoms with Crippen LogP contribution in [0.5, 0.6) is 11.5 Å². The number of fused-ring (bicyclic) bond motifs is 1. The first-order valence-electron chi connectivity index (χ1n) is 9.38. The van der Waals surface area contributed by atoms with Crippen molar-refractivity contribution in [1.29, 1.82) is 0 Å². The first-order chi connectivity index (χ1) is 13.1. The molecule has 144 valence electrons. The maximum Gasteiger partial charge on any atom is 0.254 e. The van der Waals surface area contributed by atoms with Crippen LogP contribution in [0.3, 0.4) is 0 Å². The molecule has 1 aliphatic rings. The zero-order chi connectivity index (χ0) is 19.4. The van der Waals surface area contributed by atoms with Crippen LogP contribution in [-0.4, -0.2) is 37.6 Å². The van der Waals surface area contributed by atoms with Crippen LogP contribution in [0, 0.1) is 0 Å². The number of nitrogens with zero attached hydrogens (tertiary/aromatic N) is 1. The molecule has 2 aromatic rings. The quantitative estimate of drug-likeness (QED) is 0.654. The highest BCUT2D eigenvalue weighted by molar-refractivity contribution is 9.10. The summed E-state index contributed by atoms with van der Waals surface area (Å²) in [5.74, 6) is 1.23. The zero-order valence-electron chi connectivity index (χ0n) is 16.1. The van der Waals surface area contributed by atoms with Crippen LogP contribution in [0.2, 0.25) is 0 Å². The Morgan fingerprint density at radius 3 is 2.37 bits per heavy atom. The maximum atomic E-state index is 13.4. The lowest BCUT2D eigenvalue weighted by molar-refractivity contribution is 0.0661. The average molecular weight is 432 g/mol. The van der Waals surface area contributed by atoms with E-state index in [-0.39, 0.29) is 11.9 Å². The van der Waals surface area contributed by atoms with Gasteiger partial charge < -0.3 is 14.4 Å². The lowest BCUT2D eigenvalue weighted by Gasteiger charge is -2.35. The minimum atomic E-state index is 0.0327. The van der Waals surface area contributed by atoms with Gasteiger partial charge in [0.15, 0.2) is 0 Å². The van der Waals surface area contributed by atoms with E-state index in [1.807, 2.05) is 4.90 Å². The van der Waals surface area contributed by atoms with E-state index in [4.69, 9.17) is 9.47 Å². The number of methoxy groups -OCH3 is 2. The van der Waals surface area contributed by atoms with Gasteiger partial charge in [-0.15, -0.1) is 0 Å². The summed E-state index contributed by atoms with van der Waals surface area (Å²) in [5.41, 5.74) is 3.36. The van der Waals surface area contributed by atoms with Crippen LogP contribution < -0.4 is 9.47 Å². The van der Waals surface area contributed by atoms with Crippen molar-refractivity contribution in [3.8, 4) is 11.5 Å². The molecule has 0 aliphatic heterocycles. The van der Waals surface area contributed by atoms with Gasteiger partial charge in [-0.2, -0.15) is 0 Å². The van der Waals surface area contributed by atoms with Gasteiger partial charge in [0, 0.05) is 18.2 Å². The second-order valence-corrected chi connectivity index (χ2v) is 7.65. The van der Waals surface area contributed by atoms with E-state index in [0.29, 0.717) is 17.1 Å². The summed E-state index contributed by atoms with van der Waals surface area (Å²) in [6, 6.07) is 12.3. The number of aryl methyl sites for hydroxylation is 1. The summed E-state index contributed by atoms with van der Waals surface area (Å²) in [7, 11) is 3.19. The maximum absolute atomic E-state index is 13.4. The van der Waals surface area contributed by atoms with Gasteiger partial charge in [-0.25, -0.2) is 0 Å². The van der Waals surface area contributed by atoms with Crippen LogP contribution in [0.15, 0.2) is 40.9 Å². The van der Waals surface area contributed by atoms with Crippen LogP contribution >= 0.6 is 15.9 Å². The molecule has 4 nitrogen and oxygen atoms in total. The van der Waals surface area contributed by atoms with Crippen molar-refractivity contribution in [2.24, 2.45) is 0 Å². The molecule has 1 amide bonds. The minimum absolute atomic E-state index is 0.0327. The monoisotopic (exact) mass is 431 g/mol. The molecule has 0 radical (unpaired) electrons. The Hall–Kier alpha value is -2.01. The molecule has 0 spiro atoms. The van der Waals surface area contributed by atoms with Crippen molar-refractivity contribution < 1.29 is 14.3 Å². The van der Waals surface area contributed by atoms with Gasteiger partial charge in [0.1, 0.15) is 16.0 Å². The third-order valence-corrected chi connectivity index (χ3v) is 5.96. The molecule has 27 heavy (non-hydrogen) atoms. The van der Waals surface area contributed by atoms with Crippen LogP contribution in [0.4, 0.5) is 0 Å². The molecule has 1 unspecified atom stereocenters. The molecule has 0 heterocycles. The molecule has 1 atom stereocenters. The lowest BCUT2D eigenvalue weighted by Crippen LogP contribution is -2.44. The second kappa shape index (κ2) is 8.79. The number of carbonyl (C=O) groups excluding carboxylic acids is 1. The van der Waals surface area contributed by atoms with Gasteiger partial charge in [0.25, 0.3) is 5.91 Å². The van der Waals surface area contributed by atoms with Crippen LogP contribution in [-0.2, 0) is 12.8 Å². The van der Waals surface area contributed by atoms with Gasteiger partial charge >= 0.3 is 0 Å². The average Bonchev–Trinajstić information content (AvgIpc) is 2.71. The van der Waals surface area contributed by atoms with Crippen molar-refractivity contribution in [2.75, 3.05) is 20.8 Å². The fourth-order valence-electron chi connectivity index (χ4n) is 3.79. The molecular formula is C22H26BrNO3. The van der Waals surface area contributed by atoms with Gasteiger partial charge in [0.2, 0.25) is 0 Å². The Labute approximate surface area is 169 Å². The Balaban J connectivity index is 1.90. The van der Waals surface area contributed by atoms with Crippen LogP contribution in [0.1, 0.15) is 41.3 Å². The normalized spacial score (nSPS) is 15.8. The van der Waals surface area contributed by atoms with Gasteiger partial charge in [-0.05, 0) is 64.9 Å². The number of benzene rings is 2. The van der Waals surface area contributed by atoms with E-state index in [9.17, 15) is 4.79 Å². The number of rotatable bonds is 6. The zero-order valence-corrected chi connectivity index (χ0v) is 17.7. The molecule has 3 rings (SSSR count). The van der Waals surface area contributed by atoms with Gasteiger partial charge in [-0.3, -0.25) is 4.79 Å². The topological polar surface area (TPSA) is 38.8 Å². The third kappa shape index (κ3) is 4.13. The summed E-state index contributed by atoms with van der Waals surface area (Å²) < 4.78 is 11.5. The van der Waals surface area contributed by atoms with Crippen molar-refractivity contribution in [2.45, 2.75) is 38.6 Å². The molecule has 0 saturated carbocycles. The van der Waals surface area contributed by atoms with Crippen molar-refractivity contribution in [3.63, 3.8) is 0 Å². The summed E-state index contributed by atoms with van der Waals surface area (Å²) >= 11 is 3.47. The highest BCUT2D eigenvalue weighted by Crippen LogP contribution is 2.36. The smallest absolute Gasteiger partial charge is 0.254 e. The Morgan fingerprint density at radius 2 is 1.78 bits per heavy atom. The standard InChI is InChI=1S/C22H26BrNO3/c1-4-11-24(18-10-9-15-7-5-6-8-16(15)12-18)22(25)17-13-19(26-2)21(23)20(14-17)27-3/h5-8,13-14,18H,4,9-12H2,1-3H3. The minimum Gasteiger partial charge on any atom is -0.495 e. The number of halogens is 1. The van der Waals surface area contributed by atoms with Crippen molar-refractivity contribution in [3.05, 3.63) is 57.6 Å². The number of carbonyl (C=O) groups is 1. The predicted molar refractivity (Wildman–Crippen MR) is 111 cm³/mol. The molecule has 0 saturated heterocycles. The third-order valence-electron chi connectivity index (χ3n) is 5.18. The molecule has 0 fully saturated rings. The molecule has 0 N–H and O–H groups in total. The lowest BCUT2D eigenvalue weighted by atomic mass is 9.87. The molecule has 0 aromatic heterocycles. The Bertz CT molecular complexity index is 796. The molecule has 0 bridgehead atoms. The second-order valence-electron chi connectivity index (χ2n) is 6.86. The highest BCUT2D eigenvalue weighted by atomic mass is 79.9. The predicted octanol–water partition coefficient (Wildman–Crippen LogP) is 4.88. The molecular weight excluding hydrogens is 406 g/mol. The highest BCUT2D eigenvalue weighted by Gasteiger charge is 2.28. The first-order valence-corrected chi connectivity index (χ1v) is 10.2. The molecule has 1 aliphatic carbocycles. The van der Waals surface area contributed by atoms with Crippen molar-refractivity contribution >= 4 is 21.8 Å². The fourth-order valence-corrected chi connectivity index (χ4v) is 4.35. The Kier molecular flexibility index (Phi) is 6.42. The number of hydrogen-bond acceptors (Lipinski definition) is 3. The number of ether oxygens (including phenoxy) is 2. The van der Waals surface area contributed by atoms with Crippen LogP contribution in [0.25, 0.3) is 0 Å².